The van der Waals surface area contributed by atoms with E-state index in [1.54, 1.807) is 24.3 Å². The smallest absolute Gasteiger partial charge is 0.266 e. The van der Waals surface area contributed by atoms with Crippen molar-refractivity contribution in [2.24, 2.45) is 5.92 Å². The number of carbonyl (C=O) groups excluding carboxylic acids is 1. The summed E-state index contributed by atoms with van der Waals surface area (Å²) in [5.41, 5.74) is 1.03. The third-order valence-corrected chi connectivity index (χ3v) is 4.26. The molecule has 0 saturated carbocycles. The predicted molar refractivity (Wildman–Crippen MR) is 110 cm³/mol. The summed E-state index contributed by atoms with van der Waals surface area (Å²) >= 11 is 11.9. The van der Waals surface area contributed by atoms with Gasteiger partial charge in [0.2, 0.25) is 0 Å². The van der Waals surface area contributed by atoms with Gasteiger partial charge in [0.25, 0.3) is 5.91 Å². The van der Waals surface area contributed by atoms with Gasteiger partial charge >= 0.3 is 0 Å². The summed E-state index contributed by atoms with van der Waals surface area (Å²) in [4.78, 5) is 12.4. The Labute approximate surface area is 169 Å². The number of halogens is 2. The minimum absolute atomic E-state index is 0.0421. The summed E-state index contributed by atoms with van der Waals surface area (Å²) in [7, 11) is 0. The van der Waals surface area contributed by atoms with E-state index in [0.717, 1.165) is 17.7 Å². The lowest BCUT2D eigenvalue weighted by Gasteiger charge is -2.08. The van der Waals surface area contributed by atoms with Crippen LogP contribution in [0.25, 0.3) is 6.08 Å². The molecule has 4 nitrogen and oxygen atoms in total. The Morgan fingerprint density at radius 3 is 2.56 bits per heavy atom. The monoisotopic (exact) mass is 402 g/mol. The van der Waals surface area contributed by atoms with E-state index in [9.17, 15) is 10.1 Å². The van der Waals surface area contributed by atoms with Crippen LogP contribution in [0.2, 0.25) is 10.0 Å². The number of hydrogen-bond acceptors (Lipinski definition) is 3. The van der Waals surface area contributed by atoms with Crippen molar-refractivity contribution in [3.63, 3.8) is 0 Å². The highest BCUT2D eigenvalue weighted by molar-refractivity contribution is 6.36. The maximum absolute atomic E-state index is 12.4. The molecule has 0 aliphatic carbocycles. The number of benzene rings is 2. The molecule has 27 heavy (non-hydrogen) atoms. The standard InChI is InChI=1S/C21H20Cl2N2O2/c1-14(2)9-10-27-18-6-3-15(4-7-18)11-16(13-24)21(26)25-20-12-17(22)5-8-19(20)23/h3-8,11-12,14H,9-10H2,1-2H3,(H,25,26)/b16-11-. The Balaban J connectivity index is 2.07. The molecule has 6 heteroatoms. The van der Waals surface area contributed by atoms with Crippen molar-refractivity contribution in [1.29, 1.82) is 5.26 Å². The van der Waals surface area contributed by atoms with Gasteiger partial charge in [-0.25, -0.2) is 0 Å². The summed E-state index contributed by atoms with van der Waals surface area (Å²) in [6.07, 6.45) is 2.48. The second kappa shape index (κ2) is 10.0. The molecule has 0 aliphatic rings. The number of nitrogens with zero attached hydrogens (tertiary/aromatic N) is 1. The summed E-state index contributed by atoms with van der Waals surface area (Å²) in [6.45, 7) is 4.93. The first-order valence-corrected chi connectivity index (χ1v) is 9.25. The quantitative estimate of drug-likeness (QED) is 0.458. The van der Waals surface area contributed by atoms with E-state index in [4.69, 9.17) is 27.9 Å². The molecule has 0 atom stereocenters. The van der Waals surface area contributed by atoms with Crippen LogP contribution in [0, 0.1) is 17.2 Å². The fraction of sp³-hybridized carbons (Fsp3) is 0.238. The Hall–Kier alpha value is -2.48. The van der Waals surface area contributed by atoms with Crippen LogP contribution < -0.4 is 10.1 Å². The zero-order chi connectivity index (χ0) is 19.8. The molecule has 0 bridgehead atoms. The topological polar surface area (TPSA) is 62.1 Å². The van der Waals surface area contributed by atoms with E-state index in [1.165, 1.54) is 12.1 Å². The molecule has 0 aromatic heterocycles. The number of anilines is 1. The first-order chi connectivity index (χ1) is 12.9. The van der Waals surface area contributed by atoms with Crippen LogP contribution in [0.15, 0.2) is 48.0 Å². The van der Waals surface area contributed by atoms with E-state index in [2.05, 4.69) is 19.2 Å². The Bertz CT molecular complexity index is 869. The molecule has 2 aromatic carbocycles. The second-order valence-electron chi connectivity index (χ2n) is 6.35. The van der Waals surface area contributed by atoms with Gasteiger partial charge in [-0.3, -0.25) is 4.79 Å². The fourth-order valence-electron chi connectivity index (χ4n) is 2.17. The van der Waals surface area contributed by atoms with E-state index >= 15 is 0 Å². The van der Waals surface area contributed by atoms with Crippen molar-refractivity contribution in [1.82, 2.24) is 0 Å². The van der Waals surface area contributed by atoms with Gasteiger partial charge in [-0.15, -0.1) is 0 Å². The zero-order valence-electron chi connectivity index (χ0n) is 15.1. The van der Waals surface area contributed by atoms with Gasteiger partial charge in [-0.05, 0) is 54.3 Å². The fourth-order valence-corrected chi connectivity index (χ4v) is 2.51. The molecule has 0 spiro atoms. The molecule has 0 saturated heterocycles. The van der Waals surface area contributed by atoms with Crippen LogP contribution in [-0.2, 0) is 4.79 Å². The molecule has 0 fully saturated rings. The van der Waals surface area contributed by atoms with Crippen molar-refractivity contribution in [3.8, 4) is 11.8 Å². The number of carbonyl (C=O) groups is 1. The van der Waals surface area contributed by atoms with Gasteiger partial charge in [-0.2, -0.15) is 5.26 Å². The molecule has 1 amide bonds. The van der Waals surface area contributed by atoms with Gasteiger partial charge in [-0.1, -0.05) is 49.2 Å². The molecule has 2 aromatic rings. The average molecular weight is 403 g/mol. The molecule has 0 unspecified atom stereocenters. The highest BCUT2D eigenvalue weighted by Crippen LogP contribution is 2.26. The number of nitriles is 1. The van der Waals surface area contributed by atoms with Crippen LogP contribution in [0.3, 0.4) is 0 Å². The molecular weight excluding hydrogens is 383 g/mol. The third kappa shape index (κ3) is 6.63. The summed E-state index contributed by atoms with van der Waals surface area (Å²) in [6, 6.07) is 13.8. The van der Waals surface area contributed by atoms with Gasteiger partial charge < -0.3 is 10.1 Å². The Kier molecular flexibility index (Phi) is 7.72. The van der Waals surface area contributed by atoms with Crippen LogP contribution in [0.1, 0.15) is 25.8 Å². The minimum Gasteiger partial charge on any atom is -0.494 e. The van der Waals surface area contributed by atoms with Crippen molar-refractivity contribution in [3.05, 3.63) is 63.6 Å². The van der Waals surface area contributed by atoms with E-state index in [-0.39, 0.29) is 5.57 Å². The summed E-state index contributed by atoms with van der Waals surface area (Å²) in [5.74, 6) is 0.775. The highest BCUT2D eigenvalue weighted by Gasteiger charge is 2.12. The molecule has 0 radical (unpaired) electrons. The number of amides is 1. The largest absolute Gasteiger partial charge is 0.494 e. The number of rotatable bonds is 7. The number of ether oxygens (including phenoxy) is 1. The van der Waals surface area contributed by atoms with Crippen molar-refractivity contribution in [2.45, 2.75) is 20.3 Å². The van der Waals surface area contributed by atoms with Crippen molar-refractivity contribution < 1.29 is 9.53 Å². The normalized spacial score (nSPS) is 11.2. The third-order valence-electron chi connectivity index (χ3n) is 3.70. The maximum atomic E-state index is 12.4. The first kappa shape index (κ1) is 20.8. The first-order valence-electron chi connectivity index (χ1n) is 8.50. The van der Waals surface area contributed by atoms with Crippen molar-refractivity contribution in [2.75, 3.05) is 11.9 Å². The molecule has 2 rings (SSSR count). The molecule has 1 N–H and O–H groups in total. The summed E-state index contributed by atoms with van der Waals surface area (Å²) in [5, 5.41) is 12.7. The summed E-state index contributed by atoms with van der Waals surface area (Å²) < 4.78 is 5.66. The Morgan fingerprint density at radius 1 is 1.22 bits per heavy atom. The molecule has 0 aliphatic heterocycles. The zero-order valence-corrected chi connectivity index (χ0v) is 16.6. The number of hydrogen-bond donors (Lipinski definition) is 1. The lowest BCUT2D eigenvalue weighted by molar-refractivity contribution is -0.112. The number of nitrogens with one attached hydrogen (secondary N) is 1. The molecule has 0 heterocycles. The second-order valence-corrected chi connectivity index (χ2v) is 7.19. The molecular formula is C21H20Cl2N2O2. The van der Waals surface area contributed by atoms with Crippen molar-refractivity contribution >= 4 is 40.9 Å². The molecule has 140 valence electrons. The van der Waals surface area contributed by atoms with Crippen LogP contribution >= 0.6 is 23.2 Å². The van der Waals surface area contributed by atoms with Crippen LogP contribution in [0.5, 0.6) is 5.75 Å². The van der Waals surface area contributed by atoms with E-state index < -0.39 is 5.91 Å². The van der Waals surface area contributed by atoms with Crippen LogP contribution in [-0.4, -0.2) is 12.5 Å². The minimum atomic E-state index is -0.557. The van der Waals surface area contributed by atoms with Gasteiger partial charge in [0.1, 0.15) is 17.4 Å². The van der Waals surface area contributed by atoms with Gasteiger partial charge in [0.05, 0.1) is 17.3 Å². The highest BCUT2D eigenvalue weighted by atomic mass is 35.5. The SMILES string of the molecule is CC(C)CCOc1ccc(/C=C(/C#N)C(=O)Nc2cc(Cl)ccc2Cl)cc1. The van der Waals surface area contributed by atoms with E-state index in [1.807, 2.05) is 18.2 Å². The maximum Gasteiger partial charge on any atom is 0.266 e. The van der Waals surface area contributed by atoms with E-state index in [0.29, 0.717) is 28.3 Å². The Morgan fingerprint density at radius 2 is 1.93 bits per heavy atom. The van der Waals surface area contributed by atoms with Crippen LogP contribution in [0.4, 0.5) is 5.69 Å². The lowest BCUT2D eigenvalue weighted by atomic mass is 10.1. The lowest BCUT2D eigenvalue weighted by Crippen LogP contribution is -2.13. The average Bonchev–Trinajstić information content (AvgIpc) is 2.63. The van der Waals surface area contributed by atoms with Gasteiger partial charge in [0, 0.05) is 5.02 Å². The predicted octanol–water partition coefficient (Wildman–Crippen LogP) is 5.96. The van der Waals surface area contributed by atoms with Gasteiger partial charge in [0.15, 0.2) is 0 Å².